The average Bonchev–Trinajstić information content (AvgIpc) is 2.49. The van der Waals surface area contributed by atoms with E-state index in [0.29, 0.717) is 18.8 Å². The van der Waals surface area contributed by atoms with Crippen molar-refractivity contribution in [2.45, 2.75) is 6.42 Å². The summed E-state index contributed by atoms with van der Waals surface area (Å²) in [4.78, 5) is 14.4. The van der Waals surface area contributed by atoms with Gasteiger partial charge in [-0.15, -0.1) is 0 Å². The minimum Gasteiger partial charge on any atom is -0.508 e. The molecule has 2 aromatic rings. The lowest BCUT2D eigenvalue weighted by molar-refractivity contribution is -0.384. The predicted octanol–water partition coefficient (Wildman–Crippen LogP) is 1.64. The van der Waals surface area contributed by atoms with Gasteiger partial charge in [0.2, 0.25) is 0 Å². The van der Waals surface area contributed by atoms with Crippen molar-refractivity contribution in [1.29, 1.82) is 0 Å². The number of pyridine rings is 1. The van der Waals surface area contributed by atoms with Crippen LogP contribution in [0.3, 0.4) is 0 Å². The second kappa shape index (κ2) is 6.53. The van der Waals surface area contributed by atoms with Crippen molar-refractivity contribution in [3.63, 3.8) is 0 Å². The molecular formula is C13H15N5O3. The van der Waals surface area contributed by atoms with Gasteiger partial charge in [0.25, 0.3) is 5.69 Å². The Bertz CT molecular complexity index is 630. The number of hydrazine groups is 1. The zero-order valence-corrected chi connectivity index (χ0v) is 11.1. The number of anilines is 2. The van der Waals surface area contributed by atoms with Gasteiger partial charge in [0, 0.05) is 6.54 Å². The van der Waals surface area contributed by atoms with Crippen molar-refractivity contribution in [2.24, 2.45) is 5.84 Å². The lowest BCUT2D eigenvalue weighted by Crippen LogP contribution is -2.12. The Labute approximate surface area is 120 Å². The van der Waals surface area contributed by atoms with E-state index in [2.05, 4.69) is 15.7 Å². The fourth-order valence-corrected chi connectivity index (χ4v) is 1.78. The van der Waals surface area contributed by atoms with Crippen molar-refractivity contribution in [1.82, 2.24) is 4.98 Å². The van der Waals surface area contributed by atoms with E-state index in [1.54, 1.807) is 12.1 Å². The van der Waals surface area contributed by atoms with Gasteiger partial charge in [-0.25, -0.2) is 10.8 Å². The van der Waals surface area contributed by atoms with Crippen LogP contribution >= 0.6 is 0 Å². The zero-order valence-electron chi connectivity index (χ0n) is 11.1. The first-order valence-corrected chi connectivity index (χ1v) is 6.23. The molecule has 5 N–H and O–H groups in total. The van der Waals surface area contributed by atoms with Gasteiger partial charge < -0.3 is 15.8 Å². The maximum Gasteiger partial charge on any atom is 0.276 e. The maximum absolute atomic E-state index is 10.8. The van der Waals surface area contributed by atoms with E-state index in [1.165, 1.54) is 12.1 Å². The minimum absolute atomic E-state index is 0.0925. The smallest absolute Gasteiger partial charge is 0.276 e. The molecule has 1 heterocycles. The molecule has 1 aromatic carbocycles. The number of hydrogen-bond donors (Lipinski definition) is 4. The highest BCUT2D eigenvalue weighted by Gasteiger charge is 2.10. The van der Waals surface area contributed by atoms with E-state index in [9.17, 15) is 15.2 Å². The summed E-state index contributed by atoms with van der Waals surface area (Å²) in [6, 6.07) is 9.44. The molecule has 8 heteroatoms. The monoisotopic (exact) mass is 289 g/mol. The highest BCUT2D eigenvalue weighted by molar-refractivity contribution is 5.54. The third-order valence-corrected chi connectivity index (χ3v) is 2.82. The van der Waals surface area contributed by atoms with Crippen LogP contribution in [0.2, 0.25) is 0 Å². The first kappa shape index (κ1) is 14.5. The highest BCUT2D eigenvalue weighted by Crippen LogP contribution is 2.20. The van der Waals surface area contributed by atoms with Gasteiger partial charge >= 0.3 is 0 Å². The number of rotatable bonds is 6. The number of nitrogen functional groups attached to an aromatic ring is 1. The van der Waals surface area contributed by atoms with Gasteiger partial charge in [-0.2, -0.15) is 0 Å². The van der Waals surface area contributed by atoms with E-state index in [-0.39, 0.29) is 17.3 Å². The molecule has 0 fully saturated rings. The largest absolute Gasteiger partial charge is 0.508 e. The van der Waals surface area contributed by atoms with Crippen LogP contribution in [0.25, 0.3) is 0 Å². The molecule has 0 aliphatic carbocycles. The van der Waals surface area contributed by atoms with Gasteiger partial charge in [-0.3, -0.25) is 10.1 Å². The molecule has 0 saturated heterocycles. The molecule has 0 aliphatic heterocycles. The number of nitrogens with zero attached hydrogens (tertiary/aromatic N) is 2. The van der Waals surface area contributed by atoms with E-state index in [0.717, 1.165) is 5.56 Å². The van der Waals surface area contributed by atoms with Crippen molar-refractivity contribution < 1.29 is 10.0 Å². The molecule has 0 atom stereocenters. The molecule has 1 aromatic heterocycles. The number of nitrogens with one attached hydrogen (secondary N) is 2. The SMILES string of the molecule is NNc1cc([N+](=O)[O-])cc(NCCc2ccc(O)cc2)n1. The van der Waals surface area contributed by atoms with Crippen LogP contribution in [0.4, 0.5) is 17.3 Å². The van der Waals surface area contributed by atoms with Gasteiger partial charge in [-0.1, -0.05) is 12.1 Å². The molecule has 0 aliphatic rings. The van der Waals surface area contributed by atoms with Crippen LogP contribution < -0.4 is 16.6 Å². The van der Waals surface area contributed by atoms with Crippen LogP contribution in [0.5, 0.6) is 5.75 Å². The van der Waals surface area contributed by atoms with Crippen LogP contribution in [0.15, 0.2) is 36.4 Å². The number of hydrogen-bond acceptors (Lipinski definition) is 7. The molecular weight excluding hydrogens is 274 g/mol. The predicted molar refractivity (Wildman–Crippen MR) is 79.0 cm³/mol. The van der Waals surface area contributed by atoms with Crippen molar-refractivity contribution in [3.05, 3.63) is 52.1 Å². The van der Waals surface area contributed by atoms with E-state index in [1.807, 2.05) is 12.1 Å². The quantitative estimate of drug-likeness (QED) is 0.361. The zero-order chi connectivity index (χ0) is 15.2. The molecule has 0 bridgehead atoms. The van der Waals surface area contributed by atoms with Crippen LogP contribution in [0.1, 0.15) is 5.56 Å². The van der Waals surface area contributed by atoms with Gasteiger partial charge in [0.1, 0.15) is 17.4 Å². The molecule has 110 valence electrons. The Morgan fingerprint density at radius 3 is 2.52 bits per heavy atom. The third-order valence-electron chi connectivity index (χ3n) is 2.82. The summed E-state index contributed by atoms with van der Waals surface area (Å²) in [5.41, 5.74) is 3.23. The third kappa shape index (κ3) is 4.05. The molecule has 0 amide bonds. The van der Waals surface area contributed by atoms with Crippen molar-refractivity contribution in [2.75, 3.05) is 17.3 Å². The Morgan fingerprint density at radius 2 is 1.90 bits per heavy atom. The number of phenols is 1. The first-order valence-electron chi connectivity index (χ1n) is 6.23. The average molecular weight is 289 g/mol. The second-order valence-electron chi connectivity index (χ2n) is 4.34. The lowest BCUT2D eigenvalue weighted by Gasteiger charge is -2.07. The normalized spacial score (nSPS) is 10.1. The Balaban J connectivity index is 2.00. The maximum atomic E-state index is 10.8. The van der Waals surface area contributed by atoms with Crippen molar-refractivity contribution >= 4 is 17.3 Å². The summed E-state index contributed by atoms with van der Waals surface area (Å²) in [6.07, 6.45) is 0.691. The topological polar surface area (TPSA) is 126 Å². The first-order chi connectivity index (χ1) is 10.1. The molecule has 0 spiro atoms. The molecule has 8 nitrogen and oxygen atoms in total. The number of aromatic nitrogens is 1. The summed E-state index contributed by atoms with van der Waals surface area (Å²) in [5.74, 6) is 6.04. The molecule has 0 saturated carbocycles. The molecule has 21 heavy (non-hydrogen) atoms. The number of nitro groups is 1. The van der Waals surface area contributed by atoms with E-state index < -0.39 is 4.92 Å². The van der Waals surface area contributed by atoms with Gasteiger partial charge in [-0.05, 0) is 24.1 Å². The van der Waals surface area contributed by atoms with Crippen molar-refractivity contribution in [3.8, 4) is 5.75 Å². The molecule has 0 unspecified atom stereocenters. The van der Waals surface area contributed by atoms with Crippen LogP contribution in [0, 0.1) is 10.1 Å². The van der Waals surface area contributed by atoms with E-state index in [4.69, 9.17) is 5.84 Å². The van der Waals surface area contributed by atoms with Crippen LogP contribution in [-0.2, 0) is 6.42 Å². The summed E-state index contributed by atoms with van der Waals surface area (Å²) in [5, 5.41) is 23.0. The number of benzene rings is 1. The molecule has 0 radical (unpaired) electrons. The number of aromatic hydroxyl groups is 1. The fourth-order valence-electron chi connectivity index (χ4n) is 1.78. The second-order valence-corrected chi connectivity index (χ2v) is 4.34. The van der Waals surface area contributed by atoms with Crippen LogP contribution in [-0.4, -0.2) is 21.6 Å². The van der Waals surface area contributed by atoms with Gasteiger partial charge in [0.15, 0.2) is 0 Å². The van der Waals surface area contributed by atoms with E-state index >= 15 is 0 Å². The highest BCUT2D eigenvalue weighted by atomic mass is 16.6. The summed E-state index contributed by atoms with van der Waals surface area (Å²) >= 11 is 0. The Kier molecular flexibility index (Phi) is 4.52. The number of phenolic OH excluding ortho intramolecular Hbond substituents is 1. The Hall–Kier alpha value is -2.87. The minimum atomic E-state index is -0.506. The summed E-state index contributed by atoms with van der Waals surface area (Å²) < 4.78 is 0. The molecule has 2 rings (SSSR count). The Morgan fingerprint density at radius 1 is 1.24 bits per heavy atom. The fraction of sp³-hybridized carbons (Fsp3) is 0.154. The summed E-state index contributed by atoms with van der Waals surface area (Å²) in [7, 11) is 0. The summed E-state index contributed by atoms with van der Waals surface area (Å²) in [6.45, 7) is 0.545. The standard InChI is InChI=1S/C13H15N5O3/c14-17-13-8-10(18(20)21)7-12(16-13)15-6-5-9-1-3-11(19)4-2-9/h1-4,7-8,19H,5-6,14H2,(H2,15,16,17). The lowest BCUT2D eigenvalue weighted by atomic mass is 10.1. The van der Waals surface area contributed by atoms with Gasteiger partial charge in [0.05, 0.1) is 17.1 Å². The number of nitrogens with two attached hydrogens (primary N) is 1.